The molecule has 91 heavy (non-hydrogen) atoms. The molecule has 0 aromatic heterocycles. The van der Waals surface area contributed by atoms with Gasteiger partial charge in [-0.25, -0.2) is 0 Å². The summed E-state index contributed by atoms with van der Waals surface area (Å²) in [6, 6.07) is 0. The lowest BCUT2D eigenvalue weighted by Crippen LogP contribution is -2.44. The summed E-state index contributed by atoms with van der Waals surface area (Å²) >= 11 is 0. The van der Waals surface area contributed by atoms with Crippen molar-refractivity contribution in [3.05, 3.63) is 134 Å². The largest absolute Gasteiger partial charge is 0.545 e. The lowest BCUT2D eigenvalue weighted by atomic mass is 10.0. The molecule has 0 fully saturated rings. The van der Waals surface area contributed by atoms with Crippen molar-refractivity contribution in [1.29, 1.82) is 0 Å². The molecule has 0 aliphatic rings. The van der Waals surface area contributed by atoms with Gasteiger partial charge in [-0.15, -0.1) is 0 Å². The number of carboxylic acids is 1. The summed E-state index contributed by atoms with van der Waals surface area (Å²) in [5.74, 6) is -2.33. The van der Waals surface area contributed by atoms with Gasteiger partial charge in [-0.05, 0) is 109 Å². The number of unbranched alkanes of at least 4 members (excludes halogenated alkanes) is 31. The molecule has 2 atom stereocenters. The van der Waals surface area contributed by atoms with E-state index in [9.17, 15) is 19.5 Å². The Morgan fingerprint density at radius 2 is 0.593 bits per heavy atom. The number of rotatable bonds is 68. The van der Waals surface area contributed by atoms with E-state index >= 15 is 0 Å². The highest BCUT2D eigenvalue weighted by Crippen LogP contribution is 2.18. The maximum atomic E-state index is 12.9. The number of nitrogens with zero attached hydrogens (tertiary/aromatic N) is 1. The van der Waals surface area contributed by atoms with Gasteiger partial charge in [0.25, 0.3) is 0 Å². The van der Waals surface area contributed by atoms with Gasteiger partial charge in [-0.1, -0.05) is 321 Å². The fourth-order valence-electron chi connectivity index (χ4n) is 10.3. The first kappa shape index (κ1) is 86.4. The van der Waals surface area contributed by atoms with Crippen molar-refractivity contribution < 1.29 is 42.9 Å². The standard InChI is InChI=1S/C82H139NO8/c1-6-8-10-12-14-16-18-20-22-24-26-28-30-32-33-34-35-36-37-38-39-40-41-42-43-44-45-46-47-49-50-52-54-56-58-60-62-64-66-68-70-72-79(84)89-76-78(77-90-82(81(86)87)88-75-74-83(3,4)5)91-80(85)73-71-69-67-65-63-61-59-57-55-53-51-48-31-29-27-25-23-21-19-17-15-13-11-9-7-2/h8-11,14-17,20-23,26-29,48,51,55,57,61,63,78,82H,6-7,12-13,18-19,24-25,30-47,49-50,52-54,56,58-60,62,64-77H2,1-5H3/b10-8-,11-9-,16-14-,17-15-,22-20-,23-21-,28-26-,29-27-,51-48-,57-55-,63-61-. The Bertz CT molecular complexity index is 1960. The number of carboxylic acid groups (broad SMARTS) is 1. The van der Waals surface area contributed by atoms with Crippen LogP contribution in [0, 0.1) is 0 Å². The fraction of sp³-hybridized carbons (Fsp3) is 0.695. The van der Waals surface area contributed by atoms with Crippen LogP contribution in [0.5, 0.6) is 0 Å². The Labute approximate surface area is 560 Å². The zero-order chi connectivity index (χ0) is 66.1. The van der Waals surface area contributed by atoms with Crippen LogP contribution >= 0.6 is 0 Å². The van der Waals surface area contributed by atoms with Gasteiger partial charge in [-0.2, -0.15) is 0 Å². The van der Waals surface area contributed by atoms with Crippen LogP contribution in [0.1, 0.15) is 309 Å². The molecule has 0 saturated heterocycles. The van der Waals surface area contributed by atoms with E-state index in [0.29, 0.717) is 17.4 Å². The third-order valence-electron chi connectivity index (χ3n) is 15.9. The highest BCUT2D eigenvalue weighted by molar-refractivity contribution is 5.70. The van der Waals surface area contributed by atoms with Crippen molar-refractivity contribution in [3.63, 3.8) is 0 Å². The molecule has 0 rings (SSSR count). The topological polar surface area (TPSA) is 111 Å². The molecule has 9 nitrogen and oxygen atoms in total. The minimum atomic E-state index is -1.64. The molecule has 520 valence electrons. The Morgan fingerprint density at radius 3 is 0.890 bits per heavy atom. The van der Waals surface area contributed by atoms with Crippen molar-refractivity contribution in [2.45, 2.75) is 322 Å². The molecule has 0 heterocycles. The van der Waals surface area contributed by atoms with E-state index in [1.54, 1.807) is 0 Å². The van der Waals surface area contributed by atoms with Crippen molar-refractivity contribution in [2.24, 2.45) is 0 Å². The van der Waals surface area contributed by atoms with E-state index in [0.717, 1.165) is 109 Å². The molecule has 0 aliphatic heterocycles. The first-order chi connectivity index (χ1) is 44.6. The SMILES string of the molecule is CC/C=C\C/C=C\C/C=C\C/C=C\C/C=C\C/C=C\C/C=C\CCCCCC(=O)OC(COC(=O)CCCCCCCCCCCCCCCCCCCCCCCCCCCCCC/C=C\C/C=C\C/C=C\C/C=C\CC)COC(OCC[N+](C)(C)C)C(=O)[O-]. The Kier molecular flexibility index (Phi) is 67.7. The molecule has 9 heteroatoms. The average Bonchev–Trinajstić information content (AvgIpc) is 3.46. The average molecular weight is 1270 g/mol. The first-order valence-electron chi connectivity index (χ1n) is 37.3. The van der Waals surface area contributed by atoms with Crippen molar-refractivity contribution >= 4 is 17.9 Å². The second kappa shape index (κ2) is 71.3. The third-order valence-corrected chi connectivity index (χ3v) is 15.9. The van der Waals surface area contributed by atoms with Crippen molar-refractivity contribution in [2.75, 3.05) is 47.5 Å². The summed E-state index contributed by atoms with van der Waals surface area (Å²) in [6.45, 7) is 4.50. The second-order valence-electron chi connectivity index (χ2n) is 25.8. The van der Waals surface area contributed by atoms with Gasteiger partial charge in [0.05, 0.1) is 40.3 Å². The van der Waals surface area contributed by atoms with Crippen LogP contribution in [0.3, 0.4) is 0 Å². The second-order valence-corrected chi connectivity index (χ2v) is 25.8. The van der Waals surface area contributed by atoms with Crippen LogP contribution < -0.4 is 5.11 Å². The van der Waals surface area contributed by atoms with Gasteiger partial charge in [0.15, 0.2) is 12.4 Å². The normalized spacial score (nSPS) is 13.5. The van der Waals surface area contributed by atoms with Gasteiger partial charge in [-0.3, -0.25) is 9.59 Å². The highest BCUT2D eigenvalue weighted by Gasteiger charge is 2.22. The van der Waals surface area contributed by atoms with E-state index in [-0.39, 0.29) is 38.6 Å². The summed E-state index contributed by atoms with van der Waals surface area (Å²) in [4.78, 5) is 37.5. The number of carbonyl (C=O) groups excluding carboxylic acids is 3. The van der Waals surface area contributed by atoms with E-state index in [1.807, 2.05) is 21.1 Å². The quantitative estimate of drug-likeness (QED) is 0.0195. The summed E-state index contributed by atoms with van der Waals surface area (Å²) < 4.78 is 22.8. The maximum Gasteiger partial charge on any atom is 0.306 e. The number of ether oxygens (including phenoxy) is 4. The number of esters is 2. The van der Waals surface area contributed by atoms with Crippen LogP contribution in [-0.4, -0.2) is 82.3 Å². The van der Waals surface area contributed by atoms with Gasteiger partial charge in [0, 0.05) is 12.8 Å². The first-order valence-corrected chi connectivity index (χ1v) is 37.3. The molecule has 0 aliphatic carbocycles. The molecule has 0 spiro atoms. The van der Waals surface area contributed by atoms with Crippen LogP contribution in [-0.2, 0) is 33.3 Å². The van der Waals surface area contributed by atoms with Crippen LogP contribution in [0.2, 0.25) is 0 Å². The summed E-state index contributed by atoms with van der Waals surface area (Å²) in [6.07, 6.45) is 100.0. The molecule has 0 saturated carbocycles. The molecule has 0 aromatic rings. The minimum Gasteiger partial charge on any atom is -0.545 e. The Hall–Kier alpha value is -4.57. The van der Waals surface area contributed by atoms with Gasteiger partial charge in [0.2, 0.25) is 0 Å². The number of hydrogen-bond acceptors (Lipinski definition) is 8. The molecular formula is C82H139NO8. The predicted molar refractivity (Wildman–Crippen MR) is 389 cm³/mol. The van der Waals surface area contributed by atoms with Crippen LogP contribution in [0.4, 0.5) is 0 Å². The Morgan fingerprint density at radius 1 is 0.330 bits per heavy atom. The molecule has 0 N–H and O–H groups in total. The Balaban J connectivity index is 4.03. The van der Waals surface area contributed by atoms with Crippen LogP contribution in [0.15, 0.2) is 134 Å². The van der Waals surface area contributed by atoms with Gasteiger partial charge >= 0.3 is 11.9 Å². The molecule has 2 unspecified atom stereocenters. The zero-order valence-corrected chi connectivity index (χ0v) is 59.4. The number of allylic oxidation sites excluding steroid dienone is 22. The summed E-state index contributed by atoms with van der Waals surface area (Å²) in [5.41, 5.74) is 0. The number of carbonyl (C=O) groups is 3. The summed E-state index contributed by atoms with van der Waals surface area (Å²) in [7, 11) is 5.92. The molecule has 0 bridgehead atoms. The number of quaternary nitrogens is 1. The molecule has 0 aromatic carbocycles. The molecule has 0 amide bonds. The van der Waals surface area contributed by atoms with E-state index in [1.165, 1.54) is 167 Å². The number of aliphatic carboxylic acids is 1. The molecule has 0 radical (unpaired) electrons. The lowest BCUT2D eigenvalue weighted by Gasteiger charge is -2.26. The van der Waals surface area contributed by atoms with E-state index in [4.69, 9.17) is 18.9 Å². The number of likely N-dealkylation sites (N-methyl/N-ethyl adjacent to an activating group) is 1. The monoisotopic (exact) mass is 1270 g/mol. The van der Waals surface area contributed by atoms with Gasteiger partial charge < -0.3 is 33.3 Å². The number of hydrogen-bond donors (Lipinski definition) is 0. The van der Waals surface area contributed by atoms with E-state index in [2.05, 4.69) is 148 Å². The van der Waals surface area contributed by atoms with E-state index < -0.39 is 24.3 Å². The van der Waals surface area contributed by atoms with Crippen molar-refractivity contribution in [3.8, 4) is 0 Å². The summed E-state index contributed by atoms with van der Waals surface area (Å²) in [5, 5.41) is 11.8. The van der Waals surface area contributed by atoms with Crippen LogP contribution in [0.25, 0.3) is 0 Å². The minimum absolute atomic E-state index is 0.136. The zero-order valence-electron chi connectivity index (χ0n) is 59.4. The van der Waals surface area contributed by atoms with Gasteiger partial charge in [0.1, 0.15) is 13.2 Å². The molecular weight excluding hydrogens is 1130 g/mol. The fourth-order valence-corrected chi connectivity index (χ4v) is 10.3. The maximum absolute atomic E-state index is 12.9. The van der Waals surface area contributed by atoms with Crippen molar-refractivity contribution in [1.82, 2.24) is 0 Å². The third kappa shape index (κ3) is 72.7. The highest BCUT2D eigenvalue weighted by atomic mass is 16.7. The predicted octanol–water partition coefficient (Wildman–Crippen LogP) is 22.4. The smallest absolute Gasteiger partial charge is 0.306 e. The lowest BCUT2D eigenvalue weighted by molar-refractivity contribution is -0.870.